The highest BCUT2D eigenvalue weighted by molar-refractivity contribution is 9.10. The molecule has 0 saturated carbocycles. The molecule has 0 spiro atoms. The molecule has 1 aromatic rings. The van der Waals surface area contributed by atoms with Gasteiger partial charge in [0.25, 0.3) is 0 Å². The highest BCUT2D eigenvalue weighted by Gasteiger charge is 2.08. The van der Waals surface area contributed by atoms with Crippen molar-refractivity contribution in [2.24, 2.45) is 5.73 Å². The first-order chi connectivity index (χ1) is 10.1. The zero-order valence-electron chi connectivity index (χ0n) is 12.6. The van der Waals surface area contributed by atoms with Gasteiger partial charge in [-0.2, -0.15) is 0 Å². The molecule has 2 N–H and O–H groups in total. The van der Waals surface area contributed by atoms with Gasteiger partial charge in [0.1, 0.15) is 12.4 Å². The summed E-state index contributed by atoms with van der Waals surface area (Å²) in [6.07, 6.45) is 0. The molecule has 0 heterocycles. The molecule has 120 valence electrons. The van der Waals surface area contributed by atoms with E-state index in [0.29, 0.717) is 39.6 Å². The first kappa shape index (κ1) is 18.4. The molecule has 0 aliphatic carbocycles. The van der Waals surface area contributed by atoms with E-state index in [0.717, 1.165) is 15.8 Å². The molecule has 1 atom stereocenters. The zero-order valence-corrected chi connectivity index (χ0v) is 14.2. The van der Waals surface area contributed by atoms with Crippen LogP contribution in [0.15, 0.2) is 22.7 Å². The van der Waals surface area contributed by atoms with E-state index in [1.807, 2.05) is 25.1 Å². The van der Waals surface area contributed by atoms with Crippen molar-refractivity contribution < 1.29 is 18.9 Å². The van der Waals surface area contributed by atoms with Gasteiger partial charge in [-0.1, -0.05) is 15.9 Å². The molecule has 21 heavy (non-hydrogen) atoms. The van der Waals surface area contributed by atoms with Crippen molar-refractivity contribution in [1.29, 1.82) is 0 Å². The summed E-state index contributed by atoms with van der Waals surface area (Å²) >= 11 is 3.43. The molecule has 0 aliphatic heterocycles. The topological polar surface area (TPSA) is 62.9 Å². The third-order valence-corrected chi connectivity index (χ3v) is 3.24. The standard InChI is InChI=1S/C15H24BrNO4/c1-12(17)14-11-13(16)3-4-15(14)21-10-9-20-8-7-19-6-5-18-2/h3-4,11-12H,5-10,17H2,1-2H3/t12-/m1/s1. The van der Waals surface area contributed by atoms with Crippen LogP contribution in [-0.4, -0.2) is 46.8 Å². The van der Waals surface area contributed by atoms with Gasteiger partial charge in [0.05, 0.1) is 33.0 Å². The largest absolute Gasteiger partial charge is 0.491 e. The van der Waals surface area contributed by atoms with Gasteiger partial charge in [-0.3, -0.25) is 0 Å². The summed E-state index contributed by atoms with van der Waals surface area (Å²) in [5, 5.41) is 0. The quantitative estimate of drug-likeness (QED) is 0.613. The molecule has 0 fully saturated rings. The van der Waals surface area contributed by atoms with Crippen LogP contribution in [0.25, 0.3) is 0 Å². The fraction of sp³-hybridized carbons (Fsp3) is 0.600. The van der Waals surface area contributed by atoms with Gasteiger partial charge in [0.2, 0.25) is 0 Å². The van der Waals surface area contributed by atoms with Crippen molar-refractivity contribution in [2.75, 3.05) is 46.8 Å². The maximum Gasteiger partial charge on any atom is 0.124 e. The number of methoxy groups -OCH3 is 1. The van der Waals surface area contributed by atoms with Crippen molar-refractivity contribution in [3.05, 3.63) is 28.2 Å². The van der Waals surface area contributed by atoms with E-state index < -0.39 is 0 Å². The maximum absolute atomic E-state index is 5.93. The number of hydrogen-bond donors (Lipinski definition) is 1. The van der Waals surface area contributed by atoms with Crippen molar-refractivity contribution >= 4 is 15.9 Å². The minimum absolute atomic E-state index is 0.0763. The Labute approximate surface area is 134 Å². The van der Waals surface area contributed by atoms with Gasteiger partial charge in [-0.15, -0.1) is 0 Å². The summed E-state index contributed by atoms with van der Waals surface area (Å²) in [6, 6.07) is 5.75. The van der Waals surface area contributed by atoms with Crippen molar-refractivity contribution in [3.63, 3.8) is 0 Å². The molecule has 0 aromatic heterocycles. The Morgan fingerprint density at radius 1 is 1.05 bits per heavy atom. The molecule has 1 rings (SSSR count). The van der Waals surface area contributed by atoms with E-state index in [1.165, 1.54) is 0 Å². The summed E-state index contributed by atoms with van der Waals surface area (Å²) in [4.78, 5) is 0. The minimum atomic E-state index is -0.0763. The summed E-state index contributed by atoms with van der Waals surface area (Å²) in [6.45, 7) is 5.24. The number of rotatable bonds is 11. The lowest BCUT2D eigenvalue weighted by Crippen LogP contribution is -2.14. The van der Waals surface area contributed by atoms with E-state index in [-0.39, 0.29) is 6.04 Å². The molecule has 1 aromatic carbocycles. The Hall–Kier alpha value is -0.660. The molecular weight excluding hydrogens is 338 g/mol. The molecule has 0 saturated heterocycles. The average molecular weight is 362 g/mol. The van der Waals surface area contributed by atoms with Gasteiger partial charge in [-0.25, -0.2) is 0 Å². The second kappa shape index (κ2) is 11.0. The fourth-order valence-corrected chi connectivity index (χ4v) is 2.06. The van der Waals surface area contributed by atoms with Gasteiger partial charge in [0, 0.05) is 23.2 Å². The molecule has 0 unspecified atom stereocenters. The highest BCUT2D eigenvalue weighted by Crippen LogP contribution is 2.27. The number of hydrogen-bond acceptors (Lipinski definition) is 5. The lowest BCUT2D eigenvalue weighted by atomic mass is 10.1. The van der Waals surface area contributed by atoms with Crippen LogP contribution in [0.1, 0.15) is 18.5 Å². The summed E-state index contributed by atoms with van der Waals surface area (Å²) in [5.74, 6) is 0.799. The van der Waals surface area contributed by atoms with E-state index in [4.69, 9.17) is 24.7 Å². The second-order valence-corrected chi connectivity index (χ2v) is 5.45. The van der Waals surface area contributed by atoms with E-state index in [2.05, 4.69) is 15.9 Å². The van der Waals surface area contributed by atoms with Crippen LogP contribution in [0.3, 0.4) is 0 Å². The van der Waals surface area contributed by atoms with Gasteiger partial charge in [0.15, 0.2) is 0 Å². The third kappa shape index (κ3) is 7.78. The van der Waals surface area contributed by atoms with Crippen LogP contribution in [0.2, 0.25) is 0 Å². The Kier molecular flexibility index (Phi) is 9.62. The first-order valence-electron chi connectivity index (χ1n) is 6.97. The Morgan fingerprint density at radius 2 is 1.67 bits per heavy atom. The average Bonchev–Trinajstić information content (AvgIpc) is 2.46. The Balaban J connectivity index is 2.18. The summed E-state index contributed by atoms with van der Waals surface area (Å²) in [5.41, 5.74) is 6.91. The van der Waals surface area contributed by atoms with Gasteiger partial charge < -0.3 is 24.7 Å². The molecule has 6 heteroatoms. The summed E-state index contributed by atoms with van der Waals surface area (Å²) in [7, 11) is 1.65. The fourth-order valence-electron chi connectivity index (χ4n) is 1.68. The monoisotopic (exact) mass is 361 g/mol. The van der Waals surface area contributed by atoms with Crippen molar-refractivity contribution in [1.82, 2.24) is 0 Å². The van der Waals surface area contributed by atoms with Crippen LogP contribution in [0.4, 0.5) is 0 Å². The van der Waals surface area contributed by atoms with Gasteiger partial charge >= 0.3 is 0 Å². The van der Waals surface area contributed by atoms with Crippen LogP contribution in [0, 0.1) is 0 Å². The smallest absolute Gasteiger partial charge is 0.124 e. The molecule has 5 nitrogen and oxygen atoms in total. The Morgan fingerprint density at radius 3 is 2.29 bits per heavy atom. The van der Waals surface area contributed by atoms with Crippen LogP contribution >= 0.6 is 15.9 Å². The third-order valence-electron chi connectivity index (χ3n) is 2.75. The number of benzene rings is 1. The molecule has 0 radical (unpaired) electrons. The minimum Gasteiger partial charge on any atom is -0.491 e. The molecule has 0 bridgehead atoms. The van der Waals surface area contributed by atoms with E-state index in [9.17, 15) is 0 Å². The number of nitrogens with two attached hydrogens (primary N) is 1. The van der Waals surface area contributed by atoms with Crippen LogP contribution in [0.5, 0.6) is 5.75 Å². The number of ether oxygens (including phenoxy) is 4. The zero-order chi connectivity index (χ0) is 15.5. The van der Waals surface area contributed by atoms with E-state index in [1.54, 1.807) is 7.11 Å². The molecular formula is C15H24BrNO4. The molecule has 0 aliphatic rings. The normalized spacial score (nSPS) is 12.4. The number of halogens is 1. The van der Waals surface area contributed by atoms with Crippen molar-refractivity contribution in [3.8, 4) is 5.75 Å². The second-order valence-electron chi connectivity index (χ2n) is 4.54. The SMILES string of the molecule is COCCOCCOCCOc1ccc(Br)cc1[C@@H](C)N. The first-order valence-corrected chi connectivity index (χ1v) is 7.76. The van der Waals surface area contributed by atoms with E-state index >= 15 is 0 Å². The summed E-state index contributed by atoms with van der Waals surface area (Å²) < 4.78 is 22.3. The van der Waals surface area contributed by atoms with Crippen LogP contribution < -0.4 is 10.5 Å². The highest BCUT2D eigenvalue weighted by atomic mass is 79.9. The lowest BCUT2D eigenvalue weighted by Gasteiger charge is -2.14. The lowest BCUT2D eigenvalue weighted by molar-refractivity contribution is 0.0179. The van der Waals surface area contributed by atoms with Crippen molar-refractivity contribution in [2.45, 2.75) is 13.0 Å². The van der Waals surface area contributed by atoms with Gasteiger partial charge in [-0.05, 0) is 25.1 Å². The predicted molar refractivity (Wildman–Crippen MR) is 85.8 cm³/mol. The maximum atomic E-state index is 5.93. The predicted octanol–water partition coefficient (Wildman–Crippen LogP) is 2.53. The molecule has 0 amide bonds. The Bertz CT molecular complexity index is 401. The van der Waals surface area contributed by atoms with Crippen LogP contribution in [-0.2, 0) is 14.2 Å².